The number of hydrogen-bond donors (Lipinski definition) is 0. The van der Waals surface area contributed by atoms with Gasteiger partial charge in [0.05, 0.1) is 0 Å². The van der Waals surface area contributed by atoms with E-state index in [1.165, 1.54) is 18.0 Å². The number of hydrogen-bond acceptors (Lipinski definition) is 3. The van der Waals surface area contributed by atoms with Gasteiger partial charge in [-0.3, -0.25) is 0 Å². The smallest absolute Gasteiger partial charge is 0.139 e. The van der Waals surface area contributed by atoms with E-state index in [9.17, 15) is 0 Å². The average molecular weight is 263 g/mol. The van der Waals surface area contributed by atoms with Gasteiger partial charge in [0.1, 0.15) is 10.8 Å². The Morgan fingerprint density at radius 2 is 2.15 bits per heavy atom. The topological polar surface area (TPSA) is 25.8 Å². The second-order valence-electron chi connectivity index (χ2n) is 3.67. The van der Waals surface area contributed by atoms with Crippen LogP contribution in [-0.4, -0.2) is 14.2 Å². The minimum Gasteiger partial charge on any atom is -0.225 e. The molecule has 0 aliphatic heterocycles. The molecule has 0 aromatic carbocycles. The largest absolute Gasteiger partial charge is 0.225 e. The average Bonchev–Trinajstić information content (AvgIpc) is 2.33. The maximum Gasteiger partial charge on any atom is 0.139 e. The summed E-state index contributed by atoms with van der Waals surface area (Å²) in [5.41, 5.74) is 0. The Balaban J connectivity index is 2.40. The highest BCUT2D eigenvalue weighted by molar-refractivity contribution is 9.09. The first-order valence-electron chi connectivity index (χ1n) is 4.51. The van der Waals surface area contributed by atoms with Crippen molar-refractivity contribution in [3.05, 3.63) is 10.8 Å². The van der Waals surface area contributed by atoms with Crippen LogP contribution < -0.4 is 0 Å². The highest BCUT2D eigenvalue weighted by Crippen LogP contribution is 2.18. The normalized spacial score (nSPS) is 13.6. The quantitative estimate of drug-likeness (QED) is 0.779. The summed E-state index contributed by atoms with van der Waals surface area (Å²) < 4.78 is 4.16. The van der Waals surface area contributed by atoms with Crippen molar-refractivity contribution in [1.82, 2.24) is 9.36 Å². The van der Waals surface area contributed by atoms with Gasteiger partial charge in [0.25, 0.3) is 0 Å². The van der Waals surface area contributed by atoms with Gasteiger partial charge in [-0.1, -0.05) is 29.8 Å². The summed E-state index contributed by atoms with van der Waals surface area (Å²) in [6.45, 7) is 6.41. The number of aromatic nitrogens is 2. The molecule has 0 aliphatic carbocycles. The van der Waals surface area contributed by atoms with Crippen LogP contribution in [0.2, 0.25) is 0 Å². The molecule has 0 amide bonds. The monoisotopic (exact) mass is 262 g/mol. The summed E-state index contributed by atoms with van der Waals surface area (Å²) >= 11 is 5.18. The van der Waals surface area contributed by atoms with E-state index in [0.717, 1.165) is 23.2 Å². The zero-order valence-corrected chi connectivity index (χ0v) is 10.7. The summed E-state index contributed by atoms with van der Waals surface area (Å²) in [6.07, 6.45) is 2.20. The first-order valence-corrected chi connectivity index (χ1v) is 6.20. The predicted octanol–water partition coefficient (Wildman–Crippen LogP) is 3.20. The van der Waals surface area contributed by atoms with Crippen LogP contribution in [0.15, 0.2) is 0 Å². The Bertz CT molecular complexity index is 260. The SMILES string of the molecule is Cc1nsc(CC(Br)CC(C)C)n1. The lowest BCUT2D eigenvalue weighted by Gasteiger charge is -2.09. The molecule has 4 heteroatoms. The zero-order chi connectivity index (χ0) is 9.84. The van der Waals surface area contributed by atoms with Crippen LogP contribution >= 0.6 is 27.5 Å². The minimum atomic E-state index is 0.542. The van der Waals surface area contributed by atoms with Crippen molar-refractivity contribution in [3.63, 3.8) is 0 Å². The zero-order valence-electron chi connectivity index (χ0n) is 8.25. The van der Waals surface area contributed by atoms with E-state index in [4.69, 9.17) is 0 Å². The lowest BCUT2D eigenvalue weighted by atomic mass is 10.1. The van der Waals surface area contributed by atoms with E-state index in [0.29, 0.717) is 4.83 Å². The minimum absolute atomic E-state index is 0.542. The Morgan fingerprint density at radius 3 is 2.62 bits per heavy atom. The molecule has 1 aromatic heterocycles. The highest BCUT2D eigenvalue weighted by atomic mass is 79.9. The summed E-state index contributed by atoms with van der Waals surface area (Å²) in [5, 5.41) is 1.14. The molecule has 0 saturated carbocycles. The third-order valence-electron chi connectivity index (χ3n) is 1.69. The van der Waals surface area contributed by atoms with Gasteiger partial charge in [-0.25, -0.2) is 4.98 Å². The molecule has 1 unspecified atom stereocenters. The van der Waals surface area contributed by atoms with E-state index >= 15 is 0 Å². The molecule has 1 heterocycles. The number of nitrogens with zero attached hydrogens (tertiary/aromatic N) is 2. The van der Waals surface area contributed by atoms with Crippen LogP contribution in [0.5, 0.6) is 0 Å². The number of aryl methyl sites for hydroxylation is 1. The number of alkyl halides is 1. The van der Waals surface area contributed by atoms with E-state index in [1.807, 2.05) is 6.92 Å². The van der Waals surface area contributed by atoms with Crippen molar-refractivity contribution in [2.45, 2.75) is 38.4 Å². The van der Waals surface area contributed by atoms with Gasteiger partial charge in [0.15, 0.2) is 0 Å². The molecule has 13 heavy (non-hydrogen) atoms. The van der Waals surface area contributed by atoms with Gasteiger partial charge in [-0.15, -0.1) is 0 Å². The van der Waals surface area contributed by atoms with E-state index in [2.05, 4.69) is 39.1 Å². The Morgan fingerprint density at radius 1 is 1.46 bits per heavy atom. The fraction of sp³-hybridized carbons (Fsp3) is 0.778. The molecule has 0 aliphatic rings. The van der Waals surface area contributed by atoms with Crippen LogP contribution in [0.25, 0.3) is 0 Å². The molecule has 0 N–H and O–H groups in total. The van der Waals surface area contributed by atoms with Gasteiger partial charge in [0.2, 0.25) is 0 Å². The van der Waals surface area contributed by atoms with Crippen molar-refractivity contribution in [1.29, 1.82) is 0 Å². The molecule has 0 radical (unpaired) electrons. The first-order chi connectivity index (χ1) is 6.08. The van der Waals surface area contributed by atoms with Gasteiger partial charge < -0.3 is 0 Å². The third-order valence-corrected chi connectivity index (χ3v) is 3.21. The number of halogens is 1. The van der Waals surface area contributed by atoms with Gasteiger partial charge in [0, 0.05) is 11.2 Å². The van der Waals surface area contributed by atoms with Crippen molar-refractivity contribution in [3.8, 4) is 0 Å². The maximum atomic E-state index is 4.34. The molecular weight excluding hydrogens is 248 g/mol. The summed E-state index contributed by atoms with van der Waals surface area (Å²) in [4.78, 5) is 4.88. The van der Waals surface area contributed by atoms with Crippen molar-refractivity contribution < 1.29 is 0 Å². The van der Waals surface area contributed by atoms with Crippen LogP contribution in [0.3, 0.4) is 0 Å². The van der Waals surface area contributed by atoms with Gasteiger partial charge >= 0.3 is 0 Å². The second-order valence-corrected chi connectivity index (χ2v) is 5.80. The molecule has 1 atom stereocenters. The van der Waals surface area contributed by atoms with Crippen molar-refractivity contribution >= 4 is 27.5 Å². The molecule has 0 bridgehead atoms. The van der Waals surface area contributed by atoms with E-state index in [-0.39, 0.29) is 0 Å². The van der Waals surface area contributed by atoms with Crippen LogP contribution in [0.1, 0.15) is 31.1 Å². The third kappa shape index (κ3) is 4.18. The molecule has 1 aromatic rings. The summed E-state index contributed by atoms with van der Waals surface area (Å²) in [7, 11) is 0. The molecule has 2 nitrogen and oxygen atoms in total. The van der Waals surface area contributed by atoms with Crippen LogP contribution in [0.4, 0.5) is 0 Å². The van der Waals surface area contributed by atoms with Crippen LogP contribution in [0, 0.1) is 12.8 Å². The van der Waals surface area contributed by atoms with Crippen molar-refractivity contribution in [2.24, 2.45) is 5.92 Å². The standard InChI is InChI=1S/C9H15BrN2S/c1-6(2)4-8(10)5-9-11-7(3)12-13-9/h6,8H,4-5H2,1-3H3. The molecule has 1 rings (SSSR count). The Hall–Kier alpha value is 0.0400. The molecule has 0 saturated heterocycles. The molecule has 0 spiro atoms. The fourth-order valence-corrected chi connectivity index (χ4v) is 3.20. The first kappa shape index (κ1) is 11.1. The maximum absolute atomic E-state index is 4.34. The Labute approximate surface area is 92.1 Å². The molecular formula is C9H15BrN2S. The predicted molar refractivity (Wildman–Crippen MR) is 60.5 cm³/mol. The molecule has 0 fully saturated rings. The Kier molecular flexibility index (Phi) is 4.32. The van der Waals surface area contributed by atoms with Crippen molar-refractivity contribution in [2.75, 3.05) is 0 Å². The molecule has 74 valence electrons. The number of rotatable bonds is 4. The van der Waals surface area contributed by atoms with E-state index < -0.39 is 0 Å². The van der Waals surface area contributed by atoms with Gasteiger partial charge in [-0.05, 0) is 30.8 Å². The summed E-state index contributed by atoms with van der Waals surface area (Å²) in [5.74, 6) is 1.63. The second kappa shape index (κ2) is 5.05. The highest BCUT2D eigenvalue weighted by Gasteiger charge is 2.10. The summed E-state index contributed by atoms with van der Waals surface area (Å²) in [6, 6.07) is 0. The fourth-order valence-electron chi connectivity index (χ4n) is 1.21. The van der Waals surface area contributed by atoms with Crippen LogP contribution in [-0.2, 0) is 6.42 Å². The van der Waals surface area contributed by atoms with E-state index in [1.54, 1.807) is 0 Å². The lowest BCUT2D eigenvalue weighted by molar-refractivity contribution is 0.570. The lowest BCUT2D eigenvalue weighted by Crippen LogP contribution is -2.06. The van der Waals surface area contributed by atoms with Gasteiger partial charge in [-0.2, -0.15) is 4.37 Å².